The first-order chi connectivity index (χ1) is 8.35. The van der Waals surface area contributed by atoms with Crippen molar-refractivity contribution < 1.29 is 4.74 Å². The number of nitrogens with one attached hydrogen (secondary N) is 1. The molecule has 0 saturated carbocycles. The van der Waals surface area contributed by atoms with E-state index in [1.165, 1.54) is 0 Å². The van der Waals surface area contributed by atoms with Crippen LogP contribution in [0.4, 0.5) is 5.82 Å². The van der Waals surface area contributed by atoms with Gasteiger partial charge in [-0.1, -0.05) is 13.8 Å². The number of anilines is 1. The molecule has 0 aliphatic rings. The van der Waals surface area contributed by atoms with Crippen LogP contribution in [0.2, 0.25) is 0 Å². The van der Waals surface area contributed by atoms with Gasteiger partial charge < -0.3 is 10.1 Å². The number of nitrogens with zero attached hydrogens (tertiary/aromatic N) is 2. The van der Waals surface area contributed by atoms with Crippen LogP contribution in [0.15, 0.2) is 11.4 Å². The molecule has 0 atom stereocenters. The van der Waals surface area contributed by atoms with E-state index in [0.717, 1.165) is 35.4 Å². The fourth-order valence-corrected chi connectivity index (χ4v) is 2.23. The summed E-state index contributed by atoms with van der Waals surface area (Å²) in [5, 5.41) is 6.42. The van der Waals surface area contributed by atoms with Crippen LogP contribution in [0.5, 0.6) is 6.01 Å². The van der Waals surface area contributed by atoms with Crippen LogP contribution in [0.1, 0.15) is 26.7 Å². The summed E-state index contributed by atoms with van der Waals surface area (Å²) in [4.78, 5) is 9.77. The quantitative estimate of drug-likeness (QED) is 0.855. The molecule has 0 spiro atoms. The number of rotatable bonds is 6. The Labute approximate surface area is 105 Å². The molecule has 0 aliphatic heterocycles. The van der Waals surface area contributed by atoms with Gasteiger partial charge in [-0.2, -0.15) is 9.97 Å². The van der Waals surface area contributed by atoms with Crippen molar-refractivity contribution >= 4 is 27.4 Å². The van der Waals surface area contributed by atoms with Crippen molar-refractivity contribution in [1.82, 2.24) is 9.97 Å². The first-order valence-electron chi connectivity index (χ1n) is 5.97. The smallest absolute Gasteiger partial charge is 0.319 e. The second-order valence-electron chi connectivity index (χ2n) is 3.77. The molecule has 2 aromatic heterocycles. The van der Waals surface area contributed by atoms with Crippen LogP contribution in [0.25, 0.3) is 10.2 Å². The zero-order valence-electron chi connectivity index (χ0n) is 10.2. The second kappa shape index (κ2) is 5.82. The lowest BCUT2D eigenvalue weighted by atomic mass is 10.3. The van der Waals surface area contributed by atoms with Crippen molar-refractivity contribution in [1.29, 1.82) is 0 Å². The molecule has 17 heavy (non-hydrogen) atoms. The summed E-state index contributed by atoms with van der Waals surface area (Å²) in [7, 11) is 0. The maximum atomic E-state index is 5.50. The number of hydrogen-bond acceptors (Lipinski definition) is 5. The largest absolute Gasteiger partial charge is 0.463 e. The highest BCUT2D eigenvalue weighted by Gasteiger charge is 2.08. The highest BCUT2D eigenvalue weighted by molar-refractivity contribution is 7.16. The first kappa shape index (κ1) is 12.1. The third-order valence-corrected chi connectivity index (χ3v) is 3.09. The van der Waals surface area contributed by atoms with Crippen molar-refractivity contribution in [2.45, 2.75) is 26.7 Å². The molecule has 5 heteroatoms. The number of fused-ring (bicyclic) bond motifs is 1. The normalized spacial score (nSPS) is 10.7. The Morgan fingerprint density at radius 2 is 2.18 bits per heavy atom. The van der Waals surface area contributed by atoms with Crippen LogP contribution in [-0.4, -0.2) is 23.1 Å². The van der Waals surface area contributed by atoms with Crippen LogP contribution >= 0.6 is 11.3 Å². The van der Waals surface area contributed by atoms with E-state index in [1.54, 1.807) is 11.3 Å². The molecule has 4 nitrogen and oxygen atoms in total. The predicted molar refractivity (Wildman–Crippen MR) is 72.0 cm³/mol. The number of thiophene rings is 1. The summed E-state index contributed by atoms with van der Waals surface area (Å²) in [5.74, 6) is 0.879. The van der Waals surface area contributed by atoms with Crippen LogP contribution in [-0.2, 0) is 0 Å². The molecule has 0 radical (unpaired) electrons. The molecule has 2 aromatic rings. The summed E-state index contributed by atoms with van der Waals surface area (Å²) in [6, 6.07) is 2.52. The van der Waals surface area contributed by atoms with Crippen LogP contribution in [0.3, 0.4) is 0 Å². The Morgan fingerprint density at radius 3 is 2.94 bits per heavy atom. The molecule has 0 aromatic carbocycles. The molecular formula is C12H17N3OS. The number of hydrogen-bond donors (Lipinski definition) is 1. The van der Waals surface area contributed by atoms with E-state index in [2.05, 4.69) is 29.1 Å². The second-order valence-corrected chi connectivity index (χ2v) is 4.66. The van der Waals surface area contributed by atoms with Gasteiger partial charge in [-0.05, 0) is 24.3 Å². The summed E-state index contributed by atoms with van der Waals surface area (Å²) in [6.45, 7) is 5.77. The van der Waals surface area contributed by atoms with E-state index >= 15 is 0 Å². The predicted octanol–water partition coefficient (Wildman–Crippen LogP) is 3.30. The van der Waals surface area contributed by atoms with E-state index in [0.29, 0.717) is 12.6 Å². The lowest BCUT2D eigenvalue weighted by Gasteiger charge is -2.08. The maximum Gasteiger partial charge on any atom is 0.319 e. The summed E-state index contributed by atoms with van der Waals surface area (Å²) >= 11 is 1.61. The highest BCUT2D eigenvalue weighted by atomic mass is 32.1. The van der Waals surface area contributed by atoms with Gasteiger partial charge in [0.1, 0.15) is 10.6 Å². The minimum Gasteiger partial charge on any atom is -0.463 e. The van der Waals surface area contributed by atoms with Gasteiger partial charge in [0.2, 0.25) is 0 Å². The van der Waals surface area contributed by atoms with Gasteiger partial charge in [-0.3, -0.25) is 0 Å². The molecular weight excluding hydrogens is 234 g/mol. The Bertz CT molecular complexity index is 484. The van der Waals surface area contributed by atoms with E-state index < -0.39 is 0 Å². The topological polar surface area (TPSA) is 47.0 Å². The Morgan fingerprint density at radius 1 is 1.29 bits per heavy atom. The van der Waals surface area contributed by atoms with Crippen molar-refractivity contribution in [3.63, 3.8) is 0 Å². The third kappa shape index (κ3) is 2.85. The Balaban J connectivity index is 2.29. The lowest BCUT2D eigenvalue weighted by molar-refractivity contribution is 0.294. The van der Waals surface area contributed by atoms with E-state index in [1.807, 2.05) is 11.4 Å². The first-order valence-corrected chi connectivity index (χ1v) is 6.85. The maximum absolute atomic E-state index is 5.50. The van der Waals surface area contributed by atoms with Crippen molar-refractivity contribution in [2.75, 3.05) is 18.5 Å². The molecule has 92 valence electrons. The molecule has 0 unspecified atom stereocenters. The molecule has 0 saturated heterocycles. The minimum absolute atomic E-state index is 0.473. The van der Waals surface area contributed by atoms with Gasteiger partial charge in [-0.15, -0.1) is 11.3 Å². The lowest BCUT2D eigenvalue weighted by Crippen LogP contribution is -2.05. The van der Waals surface area contributed by atoms with Crippen molar-refractivity contribution in [3.8, 4) is 6.01 Å². The zero-order valence-corrected chi connectivity index (χ0v) is 11.0. The van der Waals surface area contributed by atoms with E-state index in [9.17, 15) is 0 Å². The van der Waals surface area contributed by atoms with E-state index in [4.69, 9.17) is 4.74 Å². The summed E-state index contributed by atoms with van der Waals surface area (Å²) < 4.78 is 5.50. The average Bonchev–Trinajstić information content (AvgIpc) is 2.81. The van der Waals surface area contributed by atoms with Gasteiger partial charge >= 0.3 is 6.01 Å². The molecule has 0 bridgehead atoms. The van der Waals surface area contributed by atoms with Gasteiger partial charge in [0.15, 0.2) is 0 Å². The van der Waals surface area contributed by atoms with Crippen molar-refractivity contribution in [3.05, 3.63) is 11.4 Å². The molecule has 0 amide bonds. The molecule has 1 N–H and O–H groups in total. The average molecular weight is 251 g/mol. The molecule has 2 rings (SSSR count). The van der Waals surface area contributed by atoms with Gasteiger partial charge in [0.05, 0.1) is 12.0 Å². The molecule has 2 heterocycles. The molecule has 0 fully saturated rings. The fourth-order valence-electron chi connectivity index (χ4n) is 1.47. The Kier molecular flexibility index (Phi) is 4.14. The number of ether oxygens (including phenoxy) is 1. The summed E-state index contributed by atoms with van der Waals surface area (Å²) in [5.41, 5.74) is 0. The van der Waals surface area contributed by atoms with Gasteiger partial charge in [0.25, 0.3) is 0 Å². The van der Waals surface area contributed by atoms with Crippen molar-refractivity contribution in [2.24, 2.45) is 0 Å². The van der Waals surface area contributed by atoms with Crippen LogP contribution < -0.4 is 10.1 Å². The summed E-state index contributed by atoms with van der Waals surface area (Å²) in [6.07, 6.45) is 2.03. The monoisotopic (exact) mass is 251 g/mol. The molecule has 0 aliphatic carbocycles. The standard InChI is InChI=1S/C12H17N3OS/c1-3-6-13-10-9-5-8-17-11(9)15-12(14-10)16-7-4-2/h5,8H,3-4,6-7H2,1-2H3,(H,13,14,15). The zero-order chi connectivity index (χ0) is 12.1. The van der Waals surface area contributed by atoms with Gasteiger partial charge in [-0.25, -0.2) is 0 Å². The van der Waals surface area contributed by atoms with E-state index in [-0.39, 0.29) is 0 Å². The number of aromatic nitrogens is 2. The van der Waals surface area contributed by atoms with Crippen LogP contribution in [0, 0.1) is 0 Å². The fraction of sp³-hybridized carbons (Fsp3) is 0.500. The Hall–Kier alpha value is -1.36. The minimum atomic E-state index is 0.473. The van der Waals surface area contributed by atoms with Gasteiger partial charge in [0, 0.05) is 6.54 Å². The SMILES string of the molecule is CCCNc1nc(OCCC)nc2sccc12. The highest BCUT2D eigenvalue weighted by Crippen LogP contribution is 2.27. The third-order valence-electron chi connectivity index (χ3n) is 2.28.